The van der Waals surface area contributed by atoms with Crippen molar-refractivity contribution in [2.45, 2.75) is 83.6 Å². The van der Waals surface area contributed by atoms with Crippen molar-refractivity contribution in [2.75, 3.05) is 13.2 Å². The van der Waals surface area contributed by atoms with E-state index in [4.69, 9.17) is 13.6 Å². The lowest BCUT2D eigenvalue weighted by molar-refractivity contribution is -0.145. The summed E-state index contributed by atoms with van der Waals surface area (Å²) in [6, 6.07) is 42.0. The molecule has 0 saturated heterocycles. The molecule has 0 radical (unpaired) electrons. The Labute approximate surface area is 296 Å². The summed E-state index contributed by atoms with van der Waals surface area (Å²) in [4.78, 5) is 13.4. The van der Waals surface area contributed by atoms with Crippen LogP contribution >= 0.6 is 0 Å². The summed E-state index contributed by atoms with van der Waals surface area (Å²) in [5.74, 6) is -0.305. The number of carbonyl (C=O) groups is 1. The molecule has 0 spiro atoms. The summed E-state index contributed by atoms with van der Waals surface area (Å²) in [5.41, 5.74) is 0. The van der Waals surface area contributed by atoms with Crippen LogP contribution in [0.25, 0.3) is 0 Å². The van der Waals surface area contributed by atoms with E-state index >= 15 is 0 Å². The topological polar surface area (TPSA) is 65.0 Å². The number of hydrogen-bond donors (Lipinski definition) is 1. The van der Waals surface area contributed by atoms with Crippen molar-refractivity contribution in [3.05, 3.63) is 133 Å². The van der Waals surface area contributed by atoms with Crippen molar-refractivity contribution >= 4 is 43.4 Å². The molecule has 260 valence electrons. The first-order chi connectivity index (χ1) is 23.4. The van der Waals surface area contributed by atoms with Crippen LogP contribution in [0.4, 0.5) is 0 Å². The van der Waals surface area contributed by atoms with Crippen LogP contribution in [0.1, 0.15) is 61.3 Å². The molecular weight excluding hydrogens is 641 g/mol. The minimum absolute atomic E-state index is 0.0753. The molecule has 0 bridgehead atoms. The van der Waals surface area contributed by atoms with E-state index in [0.29, 0.717) is 6.42 Å². The molecule has 0 aliphatic rings. The largest absolute Gasteiger partial charge is 0.466 e. The lowest BCUT2D eigenvalue weighted by Gasteiger charge is -2.47. The predicted octanol–water partition coefficient (Wildman–Crippen LogP) is 6.77. The molecule has 7 heteroatoms. The van der Waals surface area contributed by atoms with Crippen LogP contribution in [0, 0.1) is 0 Å². The fourth-order valence-electron chi connectivity index (χ4n) is 7.08. The van der Waals surface area contributed by atoms with E-state index in [1.165, 1.54) is 0 Å². The zero-order chi connectivity index (χ0) is 35.5. The van der Waals surface area contributed by atoms with E-state index in [1.54, 1.807) is 6.08 Å². The quantitative estimate of drug-likeness (QED) is 0.0846. The molecule has 0 saturated carbocycles. The molecule has 4 rings (SSSR count). The molecule has 4 aromatic carbocycles. The normalized spacial score (nSPS) is 14.0. The molecule has 0 fully saturated rings. The molecule has 0 aliphatic carbocycles. The molecule has 1 N–H and O–H groups in total. The van der Waals surface area contributed by atoms with Crippen molar-refractivity contribution < 1.29 is 23.5 Å². The summed E-state index contributed by atoms with van der Waals surface area (Å²) < 4.78 is 20.7. The van der Waals surface area contributed by atoms with E-state index in [9.17, 15) is 9.90 Å². The molecule has 2 atom stereocenters. The van der Waals surface area contributed by atoms with Crippen LogP contribution in [0.3, 0.4) is 0 Å². The Morgan fingerprint density at radius 1 is 0.653 bits per heavy atom. The van der Waals surface area contributed by atoms with Gasteiger partial charge in [0.25, 0.3) is 16.6 Å². The average Bonchev–Trinajstić information content (AvgIpc) is 3.08. The maximum absolute atomic E-state index is 13.4. The summed E-state index contributed by atoms with van der Waals surface area (Å²) in [6.07, 6.45) is 3.14. The Morgan fingerprint density at radius 3 is 1.35 bits per heavy atom. The number of hydrogen-bond acceptors (Lipinski definition) is 5. The van der Waals surface area contributed by atoms with Crippen molar-refractivity contribution in [3.8, 4) is 0 Å². The van der Waals surface area contributed by atoms with Crippen LogP contribution in [-0.4, -0.2) is 53.1 Å². The predicted molar refractivity (Wildman–Crippen MR) is 207 cm³/mol. The molecule has 4 aromatic rings. The maximum atomic E-state index is 13.4. The van der Waals surface area contributed by atoms with E-state index in [-0.39, 0.29) is 35.7 Å². The van der Waals surface area contributed by atoms with Gasteiger partial charge in [-0.05, 0) is 37.7 Å². The summed E-state index contributed by atoms with van der Waals surface area (Å²) in [6.45, 7) is 15.5. The highest BCUT2D eigenvalue weighted by Crippen LogP contribution is 2.40. The van der Waals surface area contributed by atoms with E-state index in [2.05, 4.69) is 139 Å². The molecule has 2 unspecified atom stereocenters. The second-order valence-electron chi connectivity index (χ2n) is 14.6. The van der Waals surface area contributed by atoms with Crippen LogP contribution < -0.4 is 20.7 Å². The van der Waals surface area contributed by atoms with Crippen molar-refractivity contribution in [3.63, 3.8) is 0 Å². The highest BCUT2D eigenvalue weighted by molar-refractivity contribution is 7.00. The monoisotopic (exact) mass is 694 g/mol. The van der Waals surface area contributed by atoms with Gasteiger partial charge in [0, 0.05) is 6.42 Å². The standard InChI is InChI=1S/C42H54O5Si2/c1-8-45-40(44)33-35(47-49(42(5,6)7,38-27-17-11-18-28-38)39-29-19-12-20-30-39)32-34(22-21-31-43)46-48(41(2,3)4,36-23-13-9-14-24-36)37-25-15-10-16-26-37/h9-30,34-35,43H,8,31-33H2,1-7H3. The lowest BCUT2D eigenvalue weighted by atomic mass is 10.1. The minimum atomic E-state index is -3.05. The first-order valence-corrected chi connectivity index (χ1v) is 21.2. The highest BCUT2D eigenvalue weighted by atomic mass is 28.4. The zero-order valence-corrected chi connectivity index (χ0v) is 32.3. The fraction of sp³-hybridized carbons (Fsp3) is 0.357. The minimum Gasteiger partial charge on any atom is -0.466 e. The SMILES string of the molecule is CCOC(=O)CC(CC(C=CCO)O[Si](c1ccccc1)(c1ccccc1)C(C)(C)C)O[Si](c1ccccc1)(c1ccccc1)C(C)(C)C. The van der Waals surface area contributed by atoms with Gasteiger partial charge in [-0.3, -0.25) is 4.79 Å². The third kappa shape index (κ3) is 8.77. The van der Waals surface area contributed by atoms with Crippen LogP contribution in [0.5, 0.6) is 0 Å². The van der Waals surface area contributed by atoms with Gasteiger partial charge in [0.05, 0.1) is 31.8 Å². The maximum Gasteiger partial charge on any atom is 0.308 e. The van der Waals surface area contributed by atoms with Gasteiger partial charge in [-0.1, -0.05) is 175 Å². The zero-order valence-electron chi connectivity index (χ0n) is 30.3. The second kappa shape index (κ2) is 16.9. The number of benzene rings is 4. The smallest absolute Gasteiger partial charge is 0.308 e. The Kier molecular flexibility index (Phi) is 13.2. The third-order valence-electron chi connectivity index (χ3n) is 9.16. The fourth-order valence-corrected chi connectivity index (χ4v) is 16.4. The third-order valence-corrected chi connectivity index (χ3v) is 19.3. The lowest BCUT2D eigenvalue weighted by Crippen LogP contribution is -2.69. The van der Waals surface area contributed by atoms with E-state index in [1.807, 2.05) is 37.3 Å². The van der Waals surface area contributed by atoms with Crippen molar-refractivity contribution in [1.29, 1.82) is 0 Å². The molecule has 0 aliphatic heterocycles. The number of esters is 1. The number of aliphatic hydroxyl groups is 1. The summed E-state index contributed by atoms with van der Waals surface area (Å²) in [5, 5.41) is 14.0. The van der Waals surface area contributed by atoms with Crippen LogP contribution in [0.2, 0.25) is 10.1 Å². The number of carbonyl (C=O) groups excluding carboxylic acids is 1. The van der Waals surface area contributed by atoms with E-state index < -0.39 is 28.8 Å². The first-order valence-electron chi connectivity index (χ1n) is 17.4. The van der Waals surface area contributed by atoms with Crippen molar-refractivity contribution in [2.24, 2.45) is 0 Å². The first kappa shape index (κ1) is 38.2. The average molecular weight is 695 g/mol. The Hall–Kier alpha value is -3.60. The Balaban J connectivity index is 1.91. The summed E-state index contributed by atoms with van der Waals surface area (Å²) in [7, 11) is -6.05. The van der Waals surface area contributed by atoms with Gasteiger partial charge in [0.1, 0.15) is 0 Å². The molecule has 5 nitrogen and oxygen atoms in total. The number of aliphatic hydroxyl groups excluding tert-OH is 1. The molecule has 0 heterocycles. The van der Waals surface area contributed by atoms with Crippen LogP contribution in [0.15, 0.2) is 133 Å². The van der Waals surface area contributed by atoms with Gasteiger partial charge in [-0.15, -0.1) is 0 Å². The second-order valence-corrected chi connectivity index (χ2v) is 23.1. The van der Waals surface area contributed by atoms with Crippen LogP contribution in [-0.2, 0) is 18.4 Å². The van der Waals surface area contributed by atoms with Gasteiger partial charge >= 0.3 is 5.97 Å². The van der Waals surface area contributed by atoms with Gasteiger partial charge in [0.2, 0.25) is 0 Å². The van der Waals surface area contributed by atoms with Crippen molar-refractivity contribution in [1.82, 2.24) is 0 Å². The van der Waals surface area contributed by atoms with Gasteiger partial charge in [0.15, 0.2) is 0 Å². The van der Waals surface area contributed by atoms with E-state index in [0.717, 1.165) is 20.7 Å². The van der Waals surface area contributed by atoms with Gasteiger partial charge < -0.3 is 18.7 Å². The highest BCUT2D eigenvalue weighted by Gasteiger charge is 2.54. The number of rotatable bonds is 15. The molecular formula is C42H54O5Si2. The Bertz CT molecular complexity index is 1520. The molecule has 0 amide bonds. The van der Waals surface area contributed by atoms with Gasteiger partial charge in [-0.2, -0.15) is 0 Å². The Morgan fingerprint density at radius 2 is 1.02 bits per heavy atom. The molecule has 0 aromatic heterocycles. The molecule has 49 heavy (non-hydrogen) atoms. The summed E-state index contributed by atoms with van der Waals surface area (Å²) >= 11 is 0. The number of ether oxygens (including phenoxy) is 1. The van der Waals surface area contributed by atoms with Gasteiger partial charge in [-0.25, -0.2) is 0 Å².